The lowest BCUT2D eigenvalue weighted by molar-refractivity contribution is -0.115. The maximum atomic E-state index is 13.5. The average Bonchev–Trinajstić information content (AvgIpc) is 2.43. The second-order valence-electron chi connectivity index (χ2n) is 5.01. The van der Waals surface area contributed by atoms with Crippen molar-refractivity contribution in [2.24, 2.45) is 0 Å². The van der Waals surface area contributed by atoms with Crippen molar-refractivity contribution >= 4 is 11.6 Å². The van der Waals surface area contributed by atoms with Crippen molar-refractivity contribution in [1.82, 2.24) is 0 Å². The summed E-state index contributed by atoms with van der Waals surface area (Å²) >= 11 is 0. The van der Waals surface area contributed by atoms with Gasteiger partial charge in [-0.2, -0.15) is 0 Å². The van der Waals surface area contributed by atoms with Gasteiger partial charge in [0.1, 0.15) is 11.6 Å². The number of halogens is 1. The Balaban J connectivity index is 1.95. The fourth-order valence-corrected chi connectivity index (χ4v) is 1.91. The molecule has 0 aliphatic rings. The van der Waals surface area contributed by atoms with E-state index in [0.717, 1.165) is 5.75 Å². The molecule has 2 rings (SSSR count). The first kappa shape index (κ1) is 15.0. The smallest absolute Gasteiger partial charge is 0.228 e. The number of hydrogen-bond donors (Lipinski definition) is 1. The Morgan fingerprint density at radius 2 is 1.81 bits per heavy atom. The first-order valence-corrected chi connectivity index (χ1v) is 6.84. The van der Waals surface area contributed by atoms with E-state index in [9.17, 15) is 9.18 Å². The van der Waals surface area contributed by atoms with Crippen molar-refractivity contribution < 1.29 is 13.9 Å². The van der Waals surface area contributed by atoms with Gasteiger partial charge in [-0.05, 0) is 49.7 Å². The summed E-state index contributed by atoms with van der Waals surface area (Å²) in [6.07, 6.45) is 0.114. The Bertz CT molecular complexity index is 608. The first-order valence-electron chi connectivity index (χ1n) is 6.84. The molecular formula is C17H18FNO2. The topological polar surface area (TPSA) is 38.3 Å². The molecule has 2 aromatic carbocycles. The third-order valence-corrected chi connectivity index (χ3v) is 2.82. The van der Waals surface area contributed by atoms with Crippen LogP contribution in [0.25, 0.3) is 0 Å². The van der Waals surface area contributed by atoms with E-state index >= 15 is 0 Å². The maximum absolute atomic E-state index is 13.5. The lowest BCUT2D eigenvalue weighted by atomic mass is 10.1. The van der Waals surface area contributed by atoms with Crippen LogP contribution >= 0.6 is 0 Å². The van der Waals surface area contributed by atoms with Gasteiger partial charge in [0.05, 0.1) is 12.5 Å². The van der Waals surface area contributed by atoms with E-state index < -0.39 is 0 Å². The average molecular weight is 287 g/mol. The van der Waals surface area contributed by atoms with E-state index in [1.807, 2.05) is 13.8 Å². The minimum atomic E-state index is -0.367. The van der Waals surface area contributed by atoms with Gasteiger partial charge >= 0.3 is 0 Å². The number of rotatable bonds is 5. The van der Waals surface area contributed by atoms with Gasteiger partial charge in [0, 0.05) is 5.69 Å². The van der Waals surface area contributed by atoms with Crippen LogP contribution in [0.3, 0.4) is 0 Å². The van der Waals surface area contributed by atoms with E-state index in [0.29, 0.717) is 11.3 Å². The molecule has 0 fully saturated rings. The summed E-state index contributed by atoms with van der Waals surface area (Å²) in [7, 11) is 0. The summed E-state index contributed by atoms with van der Waals surface area (Å²) in [5.41, 5.74) is 1.04. The Hall–Kier alpha value is -2.36. The molecule has 0 saturated heterocycles. The van der Waals surface area contributed by atoms with Crippen LogP contribution < -0.4 is 10.1 Å². The Kier molecular flexibility index (Phi) is 4.93. The second-order valence-corrected chi connectivity index (χ2v) is 5.01. The molecule has 1 N–H and O–H groups in total. The number of anilines is 1. The number of hydrogen-bond acceptors (Lipinski definition) is 2. The summed E-state index contributed by atoms with van der Waals surface area (Å²) in [5, 5.41) is 2.74. The van der Waals surface area contributed by atoms with E-state index in [1.165, 1.54) is 6.07 Å². The van der Waals surface area contributed by atoms with Crippen LogP contribution in [0.15, 0.2) is 48.5 Å². The minimum absolute atomic E-state index is 0.0108. The molecule has 1 amide bonds. The molecule has 0 radical (unpaired) electrons. The van der Waals surface area contributed by atoms with E-state index in [1.54, 1.807) is 42.5 Å². The zero-order chi connectivity index (χ0) is 15.2. The van der Waals surface area contributed by atoms with Crippen molar-refractivity contribution in [2.75, 3.05) is 5.32 Å². The van der Waals surface area contributed by atoms with Crippen LogP contribution in [0.4, 0.5) is 10.1 Å². The molecule has 0 spiro atoms. The molecule has 0 heterocycles. The molecule has 21 heavy (non-hydrogen) atoms. The Morgan fingerprint density at radius 3 is 2.43 bits per heavy atom. The third kappa shape index (κ3) is 4.60. The highest BCUT2D eigenvalue weighted by Crippen LogP contribution is 2.17. The molecule has 0 atom stereocenters. The summed E-state index contributed by atoms with van der Waals surface area (Å²) in [6.45, 7) is 3.90. The SMILES string of the molecule is CC(C)Oc1ccc(NC(=O)Cc2ccccc2F)cc1. The van der Waals surface area contributed by atoms with Crippen molar-refractivity contribution in [3.05, 3.63) is 59.9 Å². The summed E-state index contributed by atoms with van der Waals surface area (Å²) < 4.78 is 19.0. The van der Waals surface area contributed by atoms with Gasteiger partial charge in [0.25, 0.3) is 0 Å². The molecule has 0 aromatic heterocycles. The summed E-state index contributed by atoms with van der Waals surface area (Å²) in [6, 6.07) is 13.4. The summed E-state index contributed by atoms with van der Waals surface area (Å²) in [5.74, 6) is 0.128. The number of carbonyl (C=O) groups is 1. The van der Waals surface area contributed by atoms with Gasteiger partial charge in [0.2, 0.25) is 5.91 Å². The molecule has 4 heteroatoms. The van der Waals surface area contributed by atoms with Gasteiger partial charge < -0.3 is 10.1 Å². The zero-order valence-electron chi connectivity index (χ0n) is 12.1. The largest absolute Gasteiger partial charge is 0.491 e. The fraction of sp³-hybridized carbons (Fsp3) is 0.235. The lowest BCUT2D eigenvalue weighted by Gasteiger charge is -2.10. The van der Waals surface area contributed by atoms with E-state index in [4.69, 9.17) is 4.74 Å². The van der Waals surface area contributed by atoms with Gasteiger partial charge in [-0.3, -0.25) is 4.79 Å². The molecule has 3 nitrogen and oxygen atoms in total. The minimum Gasteiger partial charge on any atom is -0.491 e. The number of carbonyl (C=O) groups excluding carboxylic acids is 1. The zero-order valence-corrected chi connectivity index (χ0v) is 12.1. The monoisotopic (exact) mass is 287 g/mol. The highest BCUT2D eigenvalue weighted by molar-refractivity contribution is 5.92. The van der Waals surface area contributed by atoms with Gasteiger partial charge in [-0.25, -0.2) is 4.39 Å². The van der Waals surface area contributed by atoms with Crippen LogP contribution in [0, 0.1) is 5.82 Å². The number of ether oxygens (including phenoxy) is 1. The highest BCUT2D eigenvalue weighted by Gasteiger charge is 2.08. The van der Waals surface area contributed by atoms with E-state index in [-0.39, 0.29) is 24.2 Å². The standard InChI is InChI=1S/C17H18FNO2/c1-12(2)21-15-9-7-14(8-10-15)19-17(20)11-13-5-3-4-6-16(13)18/h3-10,12H,11H2,1-2H3,(H,19,20). The third-order valence-electron chi connectivity index (χ3n) is 2.82. The lowest BCUT2D eigenvalue weighted by Crippen LogP contribution is -2.15. The summed E-state index contributed by atoms with van der Waals surface area (Å²) in [4.78, 5) is 11.9. The Morgan fingerprint density at radius 1 is 1.14 bits per heavy atom. The van der Waals surface area contributed by atoms with E-state index in [2.05, 4.69) is 5.32 Å². The van der Waals surface area contributed by atoms with Crippen LogP contribution in [-0.2, 0) is 11.2 Å². The number of benzene rings is 2. The highest BCUT2D eigenvalue weighted by atomic mass is 19.1. The van der Waals surface area contributed by atoms with Gasteiger partial charge in [-0.1, -0.05) is 18.2 Å². The first-order chi connectivity index (χ1) is 10.0. The second kappa shape index (κ2) is 6.88. The fourth-order valence-electron chi connectivity index (χ4n) is 1.91. The number of amides is 1. The molecule has 0 unspecified atom stereocenters. The van der Waals surface area contributed by atoms with Crippen molar-refractivity contribution in [1.29, 1.82) is 0 Å². The molecular weight excluding hydrogens is 269 g/mol. The van der Waals surface area contributed by atoms with Crippen molar-refractivity contribution in [2.45, 2.75) is 26.4 Å². The molecule has 0 bridgehead atoms. The molecule has 0 aliphatic carbocycles. The Labute approximate surface area is 123 Å². The molecule has 0 aliphatic heterocycles. The van der Waals surface area contributed by atoms with Crippen LogP contribution in [0.1, 0.15) is 19.4 Å². The number of nitrogens with one attached hydrogen (secondary N) is 1. The van der Waals surface area contributed by atoms with Crippen molar-refractivity contribution in [3.8, 4) is 5.75 Å². The predicted molar refractivity (Wildman–Crippen MR) is 80.9 cm³/mol. The normalized spacial score (nSPS) is 10.5. The molecule has 110 valence electrons. The van der Waals surface area contributed by atoms with Crippen LogP contribution in [0.5, 0.6) is 5.75 Å². The molecule has 0 saturated carbocycles. The quantitative estimate of drug-likeness (QED) is 0.908. The molecule has 2 aromatic rings. The van der Waals surface area contributed by atoms with Gasteiger partial charge in [0.15, 0.2) is 0 Å². The predicted octanol–water partition coefficient (Wildman–Crippen LogP) is 3.79. The van der Waals surface area contributed by atoms with Crippen molar-refractivity contribution in [3.63, 3.8) is 0 Å². The van der Waals surface area contributed by atoms with Gasteiger partial charge in [-0.15, -0.1) is 0 Å². The van der Waals surface area contributed by atoms with Crippen LogP contribution in [0.2, 0.25) is 0 Å². The van der Waals surface area contributed by atoms with Crippen LogP contribution in [-0.4, -0.2) is 12.0 Å². The maximum Gasteiger partial charge on any atom is 0.228 e.